The standard InChI is InChI=1S/C29H35ClN4OS/c1-6-34-21(4)26(29(35)31-36-5)27(28(34)22-10-12-24(30)13-11-22)23-8-7-9-25(18-23)33-16-14-32(15-17-33)19-20(2)3/h7-13,18-19H,6,14-17H2,1-5H3,(H,31,35). The van der Waals surface area contributed by atoms with E-state index in [0.29, 0.717) is 5.02 Å². The van der Waals surface area contributed by atoms with E-state index in [9.17, 15) is 4.79 Å². The number of nitrogens with one attached hydrogen (secondary N) is 1. The molecule has 0 radical (unpaired) electrons. The molecule has 5 nitrogen and oxygen atoms in total. The van der Waals surface area contributed by atoms with Gasteiger partial charge in [-0.05, 0) is 69.3 Å². The Morgan fingerprint density at radius 3 is 2.36 bits per heavy atom. The topological polar surface area (TPSA) is 40.5 Å². The van der Waals surface area contributed by atoms with E-state index >= 15 is 0 Å². The molecule has 1 aromatic heterocycles. The van der Waals surface area contributed by atoms with E-state index in [1.807, 2.05) is 37.4 Å². The third kappa shape index (κ3) is 5.45. The van der Waals surface area contributed by atoms with Gasteiger partial charge >= 0.3 is 0 Å². The first kappa shape index (κ1) is 26.2. The Kier molecular flexibility index (Phi) is 8.37. The number of amides is 1. The van der Waals surface area contributed by atoms with Crippen molar-refractivity contribution < 1.29 is 4.79 Å². The quantitative estimate of drug-likeness (QED) is 0.344. The van der Waals surface area contributed by atoms with Gasteiger partial charge in [-0.1, -0.05) is 53.4 Å². The summed E-state index contributed by atoms with van der Waals surface area (Å²) in [6, 6.07) is 16.5. The maximum absolute atomic E-state index is 13.3. The molecule has 36 heavy (non-hydrogen) atoms. The fraction of sp³-hybridized carbons (Fsp3) is 0.345. The van der Waals surface area contributed by atoms with Gasteiger partial charge in [0.25, 0.3) is 5.91 Å². The summed E-state index contributed by atoms with van der Waals surface area (Å²) < 4.78 is 5.19. The van der Waals surface area contributed by atoms with Crippen molar-refractivity contribution in [1.29, 1.82) is 0 Å². The molecule has 0 saturated carbocycles. The van der Waals surface area contributed by atoms with E-state index in [4.69, 9.17) is 11.6 Å². The van der Waals surface area contributed by atoms with E-state index < -0.39 is 0 Å². The van der Waals surface area contributed by atoms with Crippen LogP contribution < -0.4 is 9.62 Å². The van der Waals surface area contributed by atoms with Crippen LogP contribution in [0.2, 0.25) is 5.02 Å². The number of piperazine rings is 1. The molecule has 1 saturated heterocycles. The van der Waals surface area contributed by atoms with Crippen molar-refractivity contribution in [2.24, 2.45) is 0 Å². The predicted octanol–water partition coefficient (Wildman–Crippen LogP) is 6.86. The van der Waals surface area contributed by atoms with E-state index in [0.717, 1.165) is 66.4 Å². The number of hydrogen-bond donors (Lipinski definition) is 1. The van der Waals surface area contributed by atoms with Gasteiger partial charge in [0.1, 0.15) is 0 Å². The second-order valence-electron chi connectivity index (χ2n) is 9.35. The lowest BCUT2D eigenvalue weighted by Crippen LogP contribution is -2.44. The molecule has 0 atom stereocenters. The minimum atomic E-state index is -0.0712. The molecular formula is C29H35ClN4OS. The third-order valence-electron chi connectivity index (χ3n) is 6.63. The first-order chi connectivity index (χ1) is 17.3. The fourth-order valence-electron chi connectivity index (χ4n) is 5.08. The summed E-state index contributed by atoms with van der Waals surface area (Å²) >= 11 is 7.54. The number of carbonyl (C=O) groups is 1. The Hall–Kier alpha value is -2.83. The van der Waals surface area contributed by atoms with Gasteiger partial charge in [-0.25, -0.2) is 0 Å². The molecule has 1 aliphatic rings. The average Bonchev–Trinajstić information content (AvgIpc) is 3.17. The molecule has 7 heteroatoms. The minimum Gasteiger partial charge on any atom is -0.374 e. The second kappa shape index (κ2) is 11.5. The maximum atomic E-state index is 13.3. The van der Waals surface area contributed by atoms with Crippen LogP contribution >= 0.6 is 23.5 Å². The molecule has 1 N–H and O–H groups in total. The number of nitrogens with zero attached hydrogens (tertiary/aromatic N) is 3. The van der Waals surface area contributed by atoms with Crippen molar-refractivity contribution in [3.63, 3.8) is 0 Å². The summed E-state index contributed by atoms with van der Waals surface area (Å²) in [5.41, 5.74) is 8.30. The van der Waals surface area contributed by atoms with Crippen LogP contribution in [0.4, 0.5) is 5.69 Å². The fourth-order valence-corrected chi connectivity index (χ4v) is 5.49. The molecule has 4 rings (SSSR count). The smallest absolute Gasteiger partial charge is 0.263 e. The number of allylic oxidation sites excluding steroid dienone is 1. The second-order valence-corrected chi connectivity index (χ2v) is 10.4. The van der Waals surface area contributed by atoms with Crippen LogP contribution in [0, 0.1) is 6.92 Å². The molecule has 0 aliphatic carbocycles. The van der Waals surface area contributed by atoms with Crippen LogP contribution in [0.3, 0.4) is 0 Å². The number of aromatic nitrogens is 1. The highest BCUT2D eigenvalue weighted by Gasteiger charge is 2.27. The van der Waals surface area contributed by atoms with Crippen molar-refractivity contribution in [3.8, 4) is 22.4 Å². The van der Waals surface area contributed by atoms with Crippen molar-refractivity contribution in [2.75, 3.05) is 37.3 Å². The van der Waals surface area contributed by atoms with Crippen LogP contribution in [-0.2, 0) is 6.54 Å². The van der Waals surface area contributed by atoms with Crippen molar-refractivity contribution in [2.45, 2.75) is 34.2 Å². The average molecular weight is 523 g/mol. The van der Waals surface area contributed by atoms with Crippen LogP contribution in [0.25, 0.3) is 22.4 Å². The van der Waals surface area contributed by atoms with Gasteiger partial charge in [-0.2, -0.15) is 0 Å². The van der Waals surface area contributed by atoms with E-state index in [-0.39, 0.29) is 5.91 Å². The summed E-state index contributed by atoms with van der Waals surface area (Å²) in [6.07, 6.45) is 4.12. The minimum absolute atomic E-state index is 0.0712. The van der Waals surface area contributed by atoms with Crippen molar-refractivity contribution in [1.82, 2.24) is 14.2 Å². The van der Waals surface area contributed by atoms with Gasteiger partial charge in [0.05, 0.1) is 11.3 Å². The van der Waals surface area contributed by atoms with Gasteiger partial charge in [0.15, 0.2) is 0 Å². The molecule has 3 aromatic rings. The van der Waals surface area contributed by atoms with Gasteiger partial charge in [0, 0.05) is 60.9 Å². The number of rotatable bonds is 7. The number of benzene rings is 2. The molecule has 1 fully saturated rings. The lowest BCUT2D eigenvalue weighted by molar-refractivity contribution is 0.0984. The Morgan fingerprint density at radius 1 is 1.06 bits per heavy atom. The molecule has 0 bridgehead atoms. The molecule has 2 aromatic carbocycles. The van der Waals surface area contributed by atoms with E-state index in [1.54, 1.807) is 0 Å². The first-order valence-corrected chi connectivity index (χ1v) is 14.0. The lowest BCUT2D eigenvalue weighted by atomic mass is 9.96. The maximum Gasteiger partial charge on any atom is 0.263 e. The Morgan fingerprint density at radius 2 is 1.75 bits per heavy atom. The number of halogens is 1. The third-order valence-corrected chi connectivity index (χ3v) is 7.28. The zero-order valence-electron chi connectivity index (χ0n) is 21.8. The van der Waals surface area contributed by atoms with Gasteiger partial charge in [-0.3, -0.25) is 9.52 Å². The van der Waals surface area contributed by atoms with Crippen LogP contribution in [-0.4, -0.2) is 47.8 Å². The summed E-state index contributed by atoms with van der Waals surface area (Å²) in [4.78, 5) is 18.2. The SMILES string of the molecule is CCn1c(C)c(C(=O)NSC)c(-c2cccc(N3CCN(C=C(C)C)CC3)c2)c1-c1ccc(Cl)cc1. The zero-order valence-corrected chi connectivity index (χ0v) is 23.3. The summed E-state index contributed by atoms with van der Waals surface area (Å²) in [6.45, 7) is 13.1. The van der Waals surface area contributed by atoms with Gasteiger partial charge < -0.3 is 14.4 Å². The van der Waals surface area contributed by atoms with Crippen LogP contribution in [0.1, 0.15) is 36.8 Å². The summed E-state index contributed by atoms with van der Waals surface area (Å²) in [5.74, 6) is -0.0712. The van der Waals surface area contributed by atoms with Crippen molar-refractivity contribution >= 4 is 35.1 Å². The number of anilines is 1. The largest absolute Gasteiger partial charge is 0.374 e. The number of hydrogen-bond acceptors (Lipinski definition) is 4. The molecule has 0 spiro atoms. The van der Waals surface area contributed by atoms with E-state index in [2.05, 4.69) is 70.3 Å². The highest BCUT2D eigenvalue weighted by Crippen LogP contribution is 2.41. The lowest BCUT2D eigenvalue weighted by Gasteiger charge is -2.36. The first-order valence-electron chi connectivity index (χ1n) is 12.4. The molecule has 190 valence electrons. The Balaban J connectivity index is 1.82. The highest BCUT2D eigenvalue weighted by molar-refractivity contribution is 7.97. The monoisotopic (exact) mass is 522 g/mol. The van der Waals surface area contributed by atoms with E-state index in [1.165, 1.54) is 23.2 Å². The molecule has 0 unspecified atom stereocenters. The van der Waals surface area contributed by atoms with Crippen LogP contribution in [0.15, 0.2) is 60.3 Å². The highest BCUT2D eigenvalue weighted by atomic mass is 35.5. The Labute approximate surface area is 224 Å². The normalized spacial score (nSPS) is 13.6. The summed E-state index contributed by atoms with van der Waals surface area (Å²) in [5, 5.41) is 0.696. The van der Waals surface area contributed by atoms with Crippen molar-refractivity contribution in [3.05, 3.63) is 76.6 Å². The van der Waals surface area contributed by atoms with Gasteiger partial charge in [-0.15, -0.1) is 0 Å². The molecule has 1 amide bonds. The molecule has 2 heterocycles. The zero-order chi connectivity index (χ0) is 25.8. The summed E-state index contributed by atoms with van der Waals surface area (Å²) in [7, 11) is 0. The molecular weight excluding hydrogens is 488 g/mol. The van der Waals surface area contributed by atoms with Gasteiger partial charge in [0.2, 0.25) is 0 Å². The molecule has 1 aliphatic heterocycles. The Bertz CT molecular complexity index is 1250. The number of carbonyl (C=O) groups excluding carboxylic acids is 1. The predicted molar refractivity (Wildman–Crippen MR) is 155 cm³/mol. The van der Waals surface area contributed by atoms with Crippen LogP contribution in [0.5, 0.6) is 0 Å².